The van der Waals surface area contributed by atoms with Gasteiger partial charge in [-0.15, -0.1) is 0 Å². The quantitative estimate of drug-likeness (QED) is 0.855. The molecule has 0 aliphatic heterocycles. The summed E-state index contributed by atoms with van der Waals surface area (Å²) in [6, 6.07) is 9.82. The summed E-state index contributed by atoms with van der Waals surface area (Å²) in [5.74, 6) is 1.89. The van der Waals surface area contributed by atoms with E-state index in [2.05, 4.69) is 13.0 Å². The van der Waals surface area contributed by atoms with Crippen molar-refractivity contribution in [2.24, 2.45) is 0 Å². The van der Waals surface area contributed by atoms with Crippen LogP contribution in [-0.2, 0) is 6.42 Å². The molecular formula is C17H21NO3. The van der Waals surface area contributed by atoms with Crippen LogP contribution in [0.2, 0.25) is 0 Å². The van der Waals surface area contributed by atoms with Crippen molar-refractivity contribution in [1.29, 1.82) is 0 Å². The van der Waals surface area contributed by atoms with E-state index in [0.717, 1.165) is 28.8 Å². The van der Waals surface area contributed by atoms with Crippen molar-refractivity contribution in [3.05, 3.63) is 35.9 Å². The Hall–Kier alpha value is -2.36. The maximum atomic E-state index is 5.97. The van der Waals surface area contributed by atoms with Gasteiger partial charge in [0.2, 0.25) is 5.75 Å². The fourth-order valence-corrected chi connectivity index (χ4v) is 2.41. The molecule has 0 fully saturated rings. The fourth-order valence-electron chi connectivity index (χ4n) is 2.41. The van der Waals surface area contributed by atoms with Crippen LogP contribution >= 0.6 is 0 Å². The zero-order valence-electron chi connectivity index (χ0n) is 12.9. The Balaban J connectivity index is 2.63. The van der Waals surface area contributed by atoms with Gasteiger partial charge in [0.25, 0.3) is 0 Å². The van der Waals surface area contributed by atoms with E-state index in [1.165, 1.54) is 0 Å². The molecule has 2 N–H and O–H groups in total. The highest BCUT2D eigenvalue weighted by molar-refractivity contribution is 5.78. The van der Waals surface area contributed by atoms with Crippen molar-refractivity contribution in [2.45, 2.75) is 13.3 Å². The molecule has 0 saturated carbocycles. The monoisotopic (exact) mass is 287 g/mol. The van der Waals surface area contributed by atoms with Crippen LogP contribution < -0.4 is 19.9 Å². The molecule has 0 heterocycles. The number of hydrogen-bond acceptors (Lipinski definition) is 4. The van der Waals surface area contributed by atoms with Crippen molar-refractivity contribution in [1.82, 2.24) is 0 Å². The van der Waals surface area contributed by atoms with Crippen LogP contribution in [-0.4, -0.2) is 21.3 Å². The van der Waals surface area contributed by atoms with Crippen molar-refractivity contribution >= 4 is 5.69 Å². The van der Waals surface area contributed by atoms with E-state index in [1.54, 1.807) is 21.3 Å². The van der Waals surface area contributed by atoms with E-state index in [0.29, 0.717) is 17.2 Å². The van der Waals surface area contributed by atoms with Crippen LogP contribution in [0.5, 0.6) is 17.2 Å². The molecule has 0 aromatic heterocycles. The van der Waals surface area contributed by atoms with Gasteiger partial charge in [-0.25, -0.2) is 0 Å². The van der Waals surface area contributed by atoms with Crippen molar-refractivity contribution in [2.75, 3.05) is 27.1 Å². The lowest BCUT2D eigenvalue weighted by atomic mass is 9.99. The number of nitrogens with two attached hydrogens (primary N) is 1. The molecular weight excluding hydrogens is 266 g/mol. The number of anilines is 1. The standard InChI is InChI=1S/C17H21NO3/c1-5-11-10-12(6-8-14(11)18)13-7-9-15(19-2)17(21-4)16(13)20-3/h6-10H,5,18H2,1-4H3. The summed E-state index contributed by atoms with van der Waals surface area (Å²) in [7, 11) is 4.83. The number of rotatable bonds is 5. The lowest BCUT2D eigenvalue weighted by Crippen LogP contribution is -1.98. The van der Waals surface area contributed by atoms with Gasteiger partial charge in [0, 0.05) is 11.3 Å². The van der Waals surface area contributed by atoms with Gasteiger partial charge in [-0.1, -0.05) is 13.0 Å². The second-order valence-electron chi connectivity index (χ2n) is 4.65. The van der Waals surface area contributed by atoms with Crippen LogP contribution in [0.3, 0.4) is 0 Å². The molecule has 0 aliphatic rings. The van der Waals surface area contributed by atoms with E-state index in [1.807, 2.05) is 24.3 Å². The van der Waals surface area contributed by atoms with Gasteiger partial charge in [0.1, 0.15) is 0 Å². The maximum absolute atomic E-state index is 5.97. The molecule has 0 bridgehead atoms. The maximum Gasteiger partial charge on any atom is 0.203 e. The summed E-state index contributed by atoms with van der Waals surface area (Å²) >= 11 is 0. The van der Waals surface area contributed by atoms with Crippen LogP contribution in [0.15, 0.2) is 30.3 Å². The molecule has 0 spiro atoms. The predicted molar refractivity (Wildman–Crippen MR) is 85.3 cm³/mol. The number of benzene rings is 2. The van der Waals surface area contributed by atoms with Gasteiger partial charge < -0.3 is 19.9 Å². The third-order valence-electron chi connectivity index (χ3n) is 3.54. The fraction of sp³-hybridized carbons (Fsp3) is 0.294. The number of methoxy groups -OCH3 is 3. The minimum Gasteiger partial charge on any atom is -0.493 e. The molecule has 4 heteroatoms. The molecule has 0 amide bonds. The van der Waals surface area contributed by atoms with Gasteiger partial charge in [-0.05, 0) is 41.8 Å². The van der Waals surface area contributed by atoms with Gasteiger partial charge in [-0.3, -0.25) is 0 Å². The van der Waals surface area contributed by atoms with Gasteiger partial charge in [-0.2, -0.15) is 0 Å². The van der Waals surface area contributed by atoms with Crippen LogP contribution in [0.25, 0.3) is 11.1 Å². The van der Waals surface area contributed by atoms with Gasteiger partial charge >= 0.3 is 0 Å². The third kappa shape index (κ3) is 2.75. The summed E-state index contributed by atoms with van der Waals surface area (Å²) in [6.45, 7) is 2.08. The Morgan fingerprint density at radius 3 is 2.19 bits per heavy atom. The lowest BCUT2D eigenvalue weighted by Gasteiger charge is -2.16. The summed E-state index contributed by atoms with van der Waals surface area (Å²) in [5.41, 5.74) is 9.89. The van der Waals surface area contributed by atoms with Crippen LogP contribution in [0.1, 0.15) is 12.5 Å². The lowest BCUT2D eigenvalue weighted by molar-refractivity contribution is 0.325. The Kier molecular flexibility index (Phi) is 4.58. The molecule has 0 atom stereocenters. The minimum absolute atomic E-state index is 0.590. The number of hydrogen-bond donors (Lipinski definition) is 1. The highest BCUT2D eigenvalue weighted by atomic mass is 16.5. The van der Waals surface area contributed by atoms with Gasteiger partial charge in [0.05, 0.1) is 21.3 Å². The molecule has 0 unspecified atom stereocenters. The highest BCUT2D eigenvalue weighted by Crippen LogP contribution is 2.44. The van der Waals surface area contributed by atoms with E-state index in [9.17, 15) is 0 Å². The molecule has 112 valence electrons. The van der Waals surface area contributed by atoms with Crippen molar-refractivity contribution in [3.63, 3.8) is 0 Å². The van der Waals surface area contributed by atoms with Gasteiger partial charge in [0.15, 0.2) is 11.5 Å². The van der Waals surface area contributed by atoms with Crippen LogP contribution in [0.4, 0.5) is 5.69 Å². The molecule has 0 aliphatic carbocycles. The van der Waals surface area contributed by atoms with Crippen molar-refractivity contribution in [3.8, 4) is 28.4 Å². The molecule has 4 nitrogen and oxygen atoms in total. The van der Waals surface area contributed by atoms with E-state index in [-0.39, 0.29) is 0 Å². The average Bonchev–Trinajstić information content (AvgIpc) is 2.53. The van der Waals surface area contributed by atoms with E-state index >= 15 is 0 Å². The second-order valence-corrected chi connectivity index (χ2v) is 4.65. The van der Waals surface area contributed by atoms with Crippen molar-refractivity contribution < 1.29 is 14.2 Å². The molecule has 0 saturated heterocycles. The zero-order valence-corrected chi connectivity index (χ0v) is 12.9. The number of aryl methyl sites for hydroxylation is 1. The number of nitrogen functional groups attached to an aromatic ring is 1. The second kappa shape index (κ2) is 6.39. The molecule has 21 heavy (non-hydrogen) atoms. The Morgan fingerprint density at radius 1 is 0.905 bits per heavy atom. The smallest absolute Gasteiger partial charge is 0.203 e. The Bertz CT molecular complexity index is 638. The normalized spacial score (nSPS) is 10.3. The largest absolute Gasteiger partial charge is 0.493 e. The first-order chi connectivity index (χ1) is 10.2. The summed E-state index contributed by atoms with van der Waals surface area (Å²) < 4.78 is 16.3. The summed E-state index contributed by atoms with van der Waals surface area (Å²) in [6.07, 6.45) is 0.884. The Morgan fingerprint density at radius 2 is 1.62 bits per heavy atom. The first-order valence-corrected chi connectivity index (χ1v) is 6.84. The average molecular weight is 287 g/mol. The first kappa shape index (κ1) is 15.0. The molecule has 0 radical (unpaired) electrons. The van der Waals surface area contributed by atoms with E-state index in [4.69, 9.17) is 19.9 Å². The third-order valence-corrected chi connectivity index (χ3v) is 3.54. The van der Waals surface area contributed by atoms with E-state index < -0.39 is 0 Å². The first-order valence-electron chi connectivity index (χ1n) is 6.84. The molecule has 2 aromatic carbocycles. The molecule has 2 rings (SSSR count). The summed E-state index contributed by atoms with van der Waals surface area (Å²) in [5, 5.41) is 0. The zero-order chi connectivity index (χ0) is 15.4. The topological polar surface area (TPSA) is 53.7 Å². The minimum atomic E-state index is 0.590. The highest BCUT2D eigenvalue weighted by Gasteiger charge is 2.17. The number of ether oxygens (including phenoxy) is 3. The SMILES string of the molecule is CCc1cc(-c2ccc(OC)c(OC)c2OC)ccc1N. The Labute approximate surface area is 125 Å². The van der Waals surface area contributed by atoms with Crippen LogP contribution in [0, 0.1) is 0 Å². The predicted octanol–water partition coefficient (Wildman–Crippen LogP) is 3.52. The summed E-state index contributed by atoms with van der Waals surface area (Å²) in [4.78, 5) is 0. The molecule has 2 aromatic rings.